The van der Waals surface area contributed by atoms with Crippen LogP contribution in [0.5, 0.6) is 0 Å². The molecule has 8 N–H and O–H groups in total. The van der Waals surface area contributed by atoms with E-state index in [9.17, 15) is 23.7 Å². The first kappa shape index (κ1) is 25.3. The second-order valence-corrected chi connectivity index (χ2v) is 10.7. The SMILES string of the molecule is CNc1ncnc2c1ncn2C1OC(COP(=O)(O)OP(=O)(O)OP(=O)(O)O)C(O)C1N. The van der Waals surface area contributed by atoms with Crippen LogP contribution >= 0.6 is 23.5 Å². The fourth-order valence-corrected chi connectivity index (χ4v) is 5.88. The van der Waals surface area contributed by atoms with Gasteiger partial charge in [0, 0.05) is 7.05 Å². The number of phosphoric acid groups is 3. The highest BCUT2D eigenvalue weighted by atomic mass is 31.3. The molecule has 0 spiro atoms. The Kier molecular flexibility index (Phi) is 7.20. The summed E-state index contributed by atoms with van der Waals surface area (Å²) in [5, 5.41) is 13.2. The van der Waals surface area contributed by atoms with Gasteiger partial charge in [-0.1, -0.05) is 0 Å². The van der Waals surface area contributed by atoms with E-state index < -0.39 is 54.6 Å². The Balaban J connectivity index is 1.70. The van der Waals surface area contributed by atoms with E-state index >= 15 is 0 Å². The molecule has 6 unspecified atom stereocenters. The number of nitrogens with one attached hydrogen (secondary N) is 1. The van der Waals surface area contributed by atoms with E-state index in [1.54, 1.807) is 7.05 Å². The van der Waals surface area contributed by atoms with Crippen LogP contribution in [0.15, 0.2) is 12.7 Å². The van der Waals surface area contributed by atoms with E-state index in [1.165, 1.54) is 17.2 Å². The lowest BCUT2D eigenvalue weighted by Crippen LogP contribution is -2.40. The molecule has 32 heavy (non-hydrogen) atoms. The lowest BCUT2D eigenvalue weighted by atomic mass is 10.1. The number of aliphatic hydroxyl groups is 1. The minimum Gasteiger partial charge on any atom is -0.389 e. The van der Waals surface area contributed by atoms with Gasteiger partial charge in [-0.25, -0.2) is 28.6 Å². The van der Waals surface area contributed by atoms with Gasteiger partial charge in [0.05, 0.1) is 19.0 Å². The van der Waals surface area contributed by atoms with Crippen LogP contribution in [0.4, 0.5) is 5.82 Å². The maximum atomic E-state index is 11.9. The van der Waals surface area contributed by atoms with E-state index in [0.717, 1.165) is 0 Å². The summed E-state index contributed by atoms with van der Waals surface area (Å²) in [6.07, 6.45) is -1.19. The average molecular weight is 520 g/mol. The molecule has 0 radical (unpaired) electrons. The summed E-state index contributed by atoms with van der Waals surface area (Å²) in [6.45, 7) is -0.863. The molecule has 0 aliphatic carbocycles. The number of nitrogens with zero attached hydrogens (tertiary/aromatic N) is 4. The third-order valence-electron chi connectivity index (χ3n) is 4.11. The quantitative estimate of drug-likeness (QED) is 0.191. The van der Waals surface area contributed by atoms with Gasteiger partial charge in [-0.15, -0.1) is 0 Å². The number of nitrogens with two attached hydrogens (primary N) is 1. The van der Waals surface area contributed by atoms with Gasteiger partial charge in [-0.2, -0.15) is 8.62 Å². The van der Waals surface area contributed by atoms with Crippen molar-refractivity contribution in [2.75, 3.05) is 19.0 Å². The third-order valence-corrected chi connectivity index (χ3v) is 7.91. The summed E-state index contributed by atoms with van der Waals surface area (Å²) >= 11 is 0. The van der Waals surface area contributed by atoms with Gasteiger partial charge in [-0.3, -0.25) is 9.09 Å². The smallest absolute Gasteiger partial charge is 0.389 e. The molecular weight excluding hydrogens is 501 g/mol. The summed E-state index contributed by atoms with van der Waals surface area (Å²) in [5.41, 5.74) is 6.68. The van der Waals surface area contributed by atoms with Crippen LogP contribution < -0.4 is 11.1 Å². The third kappa shape index (κ3) is 5.76. The first-order chi connectivity index (χ1) is 14.7. The first-order valence-electron chi connectivity index (χ1n) is 8.46. The Morgan fingerprint density at radius 3 is 2.47 bits per heavy atom. The van der Waals surface area contributed by atoms with Crippen LogP contribution in [0.1, 0.15) is 6.23 Å². The summed E-state index contributed by atoms with van der Waals surface area (Å²) in [7, 11) is -15.0. The predicted molar refractivity (Wildman–Crippen MR) is 103 cm³/mol. The number of imidazole rings is 1. The van der Waals surface area contributed by atoms with E-state index in [-0.39, 0.29) is 0 Å². The molecule has 1 fully saturated rings. The fraction of sp³-hybridized carbons (Fsp3) is 0.545. The van der Waals surface area contributed by atoms with Crippen molar-refractivity contribution in [2.24, 2.45) is 5.73 Å². The largest absolute Gasteiger partial charge is 0.490 e. The van der Waals surface area contributed by atoms with Crippen LogP contribution in [0.2, 0.25) is 0 Å². The molecule has 1 saturated heterocycles. The van der Waals surface area contributed by atoms with Crippen LogP contribution in [0.3, 0.4) is 0 Å². The number of aliphatic hydroxyl groups excluding tert-OH is 1. The molecule has 0 aromatic carbocycles. The Morgan fingerprint density at radius 2 is 1.84 bits per heavy atom. The molecule has 18 nitrogen and oxygen atoms in total. The number of ether oxygens (including phenoxy) is 1. The first-order valence-corrected chi connectivity index (χ1v) is 13.0. The Bertz CT molecular complexity index is 1120. The van der Waals surface area contributed by atoms with Gasteiger partial charge in [0.2, 0.25) is 0 Å². The van der Waals surface area contributed by atoms with Crippen molar-refractivity contribution in [3.05, 3.63) is 12.7 Å². The van der Waals surface area contributed by atoms with Crippen molar-refractivity contribution < 1.29 is 56.3 Å². The highest BCUT2D eigenvalue weighted by Gasteiger charge is 2.46. The highest BCUT2D eigenvalue weighted by molar-refractivity contribution is 7.66. The average Bonchev–Trinajstić information content (AvgIpc) is 3.19. The van der Waals surface area contributed by atoms with E-state index in [1.807, 2.05) is 0 Å². The lowest BCUT2D eigenvalue weighted by molar-refractivity contribution is -0.0428. The van der Waals surface area contributed by atoms with E-state index in [0.29, 0.717) is 17.0 Å². The Labute approximate surface area is 178 Å². The predicted octanol–water partition coefficient (Wildman–Crippen LogP) is -1.20. The summed E-state index contributed by atoms with van der Waals surface area (Å²) in [5.74, 6) is 0.421. The molecule has 2 aromatic rings. The van der Waals surface area contributed by atoms with Crippen molar-refractivity contribution in [3.8, 4) is 0 Å². The molecule has 1 aliphatic heterocycles. The van der Waals surface area contributed by atoms with Crippen LogP contribution in [0, 0.1) is 0 Å². The number of phosphoric ester groups is 1. The van der Waals surface area contributed by atoms with Crippen LogP contribution in [0.25, 0.3) is 11.2 Å². The van der Waals surface area contributed by atoms with Crippen LogP contribution in [-0.2, 0) is 31.6 Å². The number of fused-ring (bicyclic) bond motifs is 1. The molecule has 180 valence electrons. The molecule has 0 amide bonds. The zero-order chi connectivity index (χ0) is 23.9. The minimum atomic E-state index is -5.67. The van der Waals surface area contributed by atoms with Gasteiger partial charge in [-0.05, 0) is 0 Å². The standard InChI is InChI=1S/C11H19N6O12P3/c1-13-9-7-10(15-3-14-9)17(4-16-7)11-6(12)8(18)5(27-11)2-26-31(22,23)29-32(24,25)28-30(19,20)21/h3-6,8,11,18H,2,12H2,1H3,(H,22,23)(H,24,25)(H,13,14,15)(H2,19,20,21). The maximum absolute atomic E-state index is 11.9. The van der Waals surface area contributed by atoms with Crippen molar-refractivity contribution in [1.82, 2.24) is 19.5 Å². The van der Waals surface area contributed by atoms with Crippen molar-refractivity contribution in [1.29, 1.82) is 0 Å². The number of rotatable bonds is 9. The molecular formula is C11H19N6O12P3. The van der Waals surface area contributed by atoms with Gasteiger partial charge in [0.1, 0.15) is 24.1 Å². The second kappa shape index (κ2) is 9.12. The zero-order valence-electron chi connectivity index (χ0n) is 16.0. The normalized spacial score (nSPS) is 27.8. The number of aromatic nitrogens is 4. The number of hydrogen-bond donors (Lipinski definition) is 7. The monoisotopic (exact) mass is 520 g/mol. The van der Waals surface area contributed by atoms with Crippen molar-refractivity contribution >= 4 is 40.4 Å². The molecule has 6 atom stereocenters. The van der Waals surface area contributed by atoms with Gasteiger partial charge in [0.15, 0.2) is 17.7 Å². The summed E-state index contributed by atoms with van der Waals surface area (Å²) in [4.78, 5) is 48.0. The molecule has 0 saturated carbocycles. The Morgan fingerprint density at radius 1 is 1.16 bits per heavy atom. The minimum absolute atomic E-state index is 0.311. The molecule has 21 heteroatoms. The lowest BCUT2D eigenvalue weighted by Gasteiger charge is -2.19. The summed E-state index contributed by atoms with van der Waals surface area (Å²) in [6, 6.07) is -1.07. The zero-order valence-corrected chi connectivity index (χ0v) is 18.7. The molecule has 1 aliphatic rings. The van der Waals surface area contributed by atoms with Crippen LogP contribution in [-0.4, -0.2) is 76.1 Å². The van der Waals surface area contributed by atoms with Crippen molar-refractivity contribution in [3.63, 3.8) is 0 Å². The second-order valence-electron chi connectivity index (χ2n) is 6.32. The van der Waals surface area contributed by atoms with Gasteiger partial charge >= 0.3 is 23.5 Å². The van der Waals surface area contributed by atoms with Gasteiger partial charge in [0.25, 0.3) is 0 Å². The van der Waals surface area contributed by atoms with Gasteiger partial charge < -0.3 is 40.5 Å². The number of hydrogen-bond acceptors (Lipinski definition) is 13. The van der Waals surface area contributed by atoms with Crippen molar-refractivity contribution in [2.45, 2.75) is 24.5 Å². The number of anilines is 1. The molecule has 2 aromatic heterocycles. The topological polar surface area (TPSA) is 271 Å². The molecule has 3 heterocycles. The molecule has 3 rings (SSSR count). The fourth-order valence-electron chi connectivity index (χ4n) is 2.85. The maximum Gasteiger partial charge on any atom is 0.490 e. The molecule has 0 bridgehead atoms. The van der Waals surface area contributed by atoms with E-state index in [4.69, 9.17) is 25.2 Å². The Hall–Kier alpha value is -1.36. The summed E-state index contributed by atoms with van der Waals surface area (Å²) < 4.78 is 52.6. The highest BCUT2D eigenvalue weighted by Crippen LogP contribution is 2.66. The van der Waals surface area contributed by atoms with E-state index in [2.05, 4.69) is 33.4 Å².